The number of rotatable bonds is 1. The van der Waals surface area contributed by atoms with E-state index < -0.39 is 0 Å². The molecule has 0 aliphatic heterocycles. The van der Waals surface area contributed by atoms with E-state index in [2.05, 4.69) is 48.7 Å². The van der Waals surface area contributed by atoms with Gasteiger partial charge in [0.15, 0.2) is 0 Å². The number of hydrogen-bond donors (Lipinski definition) is 0. The molecule has 0 bridgehead atoms. The summed E-state index contributed by atoms with van der Waals surface area (Å²) in [5, 5.41) is 0. The van der Waals surface area contributed by atoms with Crippen LogP contribution in [-0.2, 0) is 0 Å². The Balaban J connectivity index is 3.25. The van der Waals surface area contributed by atoms with Crippen molar-refractivity contribution < 1.29 is 0 Å². The summed E-state index contributed by atoms with van der Waals surface area (Å²) < 4.78 is 0. The fourth-order valence-electron chi connectivity index (χ4n) is 1.16. The van der Waals surface area contributed by atoms with Crippen molar-refractivity contribution in [2.45, 2.75) is 20.8 Å². The molecule has 0 aromatic heterocycles. The first kappa shape index (κ1) is 8.86. The van der Waals surface area contributed by atoms with Crippen molar-refractivity contribution in [1.29, 1.82) is 0 Å². The minimum Gasteiger partial charge on any atom is -0.155 e. The van der Waals surface area contributed by atoms with Gasteiger partial charge in [0.2, 0.25) is 6.10 Å². The van der Waals surface area contributed by atoms with Crippen LogP contribution in [0.4, 0.5) is 0 Å². The molecule has 0 nitrogen and oxygen atoms in total. The van der Waals surface area contributed by atoms with E-state index in [4.69, 9.17) is 0 Å². The molecule has 1 aromatic rings. The van der Waals surface area contributed by atoms with Gasteiger partial charge in [0.05, 0.1) is 0 Å². The van der Waals surface area contributed by atoms with E-state index >= 15 is 0 Å². The van der Waals surface area contributed by atoms with Crippen molar-refractivity contribution in [3.63, 3.8) is 0 Å². The van der Waals surface area contributed by atoms with Gasteiger partial charge >= 0.3 is 0 Å². The highest BCUT2D eigenvalue weighted by Gasteiger charge is 2.01. The Bertz CT molecular complexity index is 269. The summed E-state index contributed by atoms with van der Waals surface area (Å²) in [5.74, 6) is 0. The quantitative estimate of drug-likeness (QED) is 0.623. The fourth-order valence-corrected chi connectivity index (χ4v) is 1.76. The van der Waals surface area contributed by atoms with E-state index in [1.54, 1.807) is 0 Å². The van der Waals surface area contributed by atoms with Crippen LogP contribution in [0.3, 0.4) is 0 Å². The molecule has 0 aliphatic rings. The zero-order valence-corrected chi connectivity index (χ0v) is 8.83. The average molecular weight is 211 g/mol. The molecule has 1 aromatic carbocycles. The van der Waals surface area contributed by atoms with Crippen LogP contribution in [0.15, 0.2) is 12.1 Å². The fraction of sp³-hybridized carbons (Fsp3) is 0.333. The van der Waals surface area contributed by atoms with Crippen LogP contribution in [0.2, 0.25) is 0 Å². The number of hydrogen-bond acceptors (Lipinski definition) is 0. The summed E-state index contributed by atoms with van der Waals surface area (Å²) in [4.78, 5) is 0. The lowest BCUT2D eigenvalue weighted by Gasteiger charge is -2.07. The number of halogens is 1. The van der Waals surface area contributed by atoms with Crippen molar-refractivity contribution in [1.82, 2.24) is 0 Å². The van der Waals surface area contributed by atoms with Crippen LogP contribution in [0, 0.1) is 20.8 Å². The zero-order chi connectivity index (χ0) is 8.43. The predicted molar refractivity (Wildman–Crippen MR) is 56.4 cm³/mol. The Kier molecular flexibility index (Phi) is 2.77. The SMILES string of the molecule is Cc1ccc(BBr)c(C)c1C. The molecule has 0 aliphatic carbocycles. The van der Waals surface area contributed by atoms with E-state index in [0.29, 0.717) is 0 Å². The van der Waals surface area contributed by atoms with E-state index in [-0.39, 0.29) is 0 Å². The van der Waals surface area contributed by atoms with Gasteiger partial charge in [0.25, 0.3) is 0 Å². The normalized spacial score (nSPS) is 9.82. The maximum Gasteiger partial charge on any atom is 0.237 e. The molecule has 0 atom stereocenters. The Morgan fingerprint density at radius 1 is 1.09 bits per heavy atom. The van der Waals surface area contributed by atoms with E-state index in [1.807, 2.05) is 0 Å². The smallest absolute Gasteiger partial charge is 0.155 e. The predicted octanol–water partition coefficient (Wildman–Crippen LogP) is 1.98. The highest BCUT2D eigenvalue weighted by Crippen LogP contribution is 2.09. The molecule has 58 valence electrons. The Morgan fingerprint density at radius 3 is 2.27 bits per heavy atom. The second-order valence-electron chi connectivity index (χ2n) is 2.93. The molecule has 2 heteroatoms. The summed E-state index contributed by atoms with van der Waals surface area (Å²) in [5.41, 5.74) is 5.61. The van der Waals surface area contributed by atoms with Crippen molar-refractivity contribution in [3.8, 4) is 0 Å². The topological polar surface area (TPSA) is 0 Å². The van der Waals surface area contributed by atoms with Crippen LogP contribution < -0.4 is 5.46 Å². The van der Waals surface area contributed by atoms with E-state index in [0.717, 1.165) is 6.10 Å². The largest absolute Gasteiger partial charge is 0.237 e. The first-order valence-corrected chi connectivity index (χ1v) is 4.90. The molecule has 0 spiro atoms. The second-order valence-corrected chi connectivity index (χ2v) is 3.49. The third-order valence-corrected chi connectivity index (χ3v) is 2.92. The average Bonchev–Trinajstić information content (AvgIpc) is 2.01. The van der Waals surface area contributed by atoms with Gasteiger partial charge in [-0.05, 0) is 31.9 Å². The Morgan fingerprint density at radius 2 is 1.73 bits per heavy atom. The molecular weight excluding hydrogens is 199 g/mol. The minimum atomic E-state index is 0.958. The van der Waals surface area contributed by atoms with Gasteiger partial charge < -0.3 is 0 Å². The first-order valence-electron chi connectivity index (χ1n) is 3.78. The van der Waals surface area contributed by atoms with Gasteiger partial charge in [-0.25, -0.2) is 0 Å². The zero-order valence-electron chi connectivity index (χ0n) is 7.24. The lowest BCUT2D eigenvalue weighted by Crippen LogP contribution is -2.14. The molecule has 1 rings (SSSR count). The van der Waals surface area contributed by atoms with Crippen molar-refractivity contribution in [3.05, 3.63) is 28.8 Å². The van der Waals surface area contributed by atoms with Crippen molar-refractivity contribution in [2.24, 2.45) is 0 Å². The van der Waals surface area contributed by atoms with Crippen LogP contribution in [0.1, 0.15) is 16.7 Å². The third kappa shape index (κ3) is 1.67. The third-order valence-electron chi connectivity index (χ3n) is 2.31. The lowest BCUT2D eigenvalue weighted by molar-refractivity contribution is 1.28. The monoisotopic (exact) mass is 210 g/mol. The summed E-state index contributed by atoms with van der Waals surface area (Å²) >= 11 is 3.47. The van der Waals surface area contributed by atoms with E-state index in [9.17, 15) is 0 Å². The molecule has 0 unspecified atom stereocenters. The van der Waals surface area contributed by atoms with Crippen LogP contribution in [0.25, 0.3) is 0 Å². The lowest BCUT2D eigenvalue weighted by atomic mass is 9.87. The molecule has 0 N–H and O–H groups in total. The molecule has 0 heterocycles. The molecule has 0 saturated heterocycles. The van der Waals surface area contributed by atoms with Gasteiger partial charge in [-0.15, -0.1) is 0 Å². The van der Waals surface area contributed by atoms with Crippen molar-refractivity contribution >= 4 is 27.3 Å². The number of aryl methyl sites for hydroxylation is 1. The van der Waals surface area contributed by atoms with Gasteiger partial charge in [-0.1, -0.05) is 23.2 Å². The first-order chi connectivity index (χ1) is 5.16. The molecular formula is C9H12BBr. The number of benzene rings is 1. The van der Waals surface area contributed by atoms with Gasteiger partial charge in [-0.3, -0.25) is 0 Å². The van der Waals surface area contributed by atoms with Gasteiger partial charge in [0, 0.05) is 0 Å². The molecule has 0 fully saturated rings. The van der Waals surface area contributed by atoms with Crippen LogP contribution in [0.5, 0.6) is 0 Å². The van der Waals surface area contributed by atoms with Gasteiger partial charge in [-0.2, -0.15) is 15.8 Å². The van der Waals surface area contributed by atoms with Crippen LogP contribution >= 0.6 is 15.8 Å². The highest BCUT2D eigenvalue weighted by atomic mass is 79.9. The van der Waals surface area contributed by atoms with Gasteiger partial charge in [0.1, 0.15) is 0 Å². The summed E-state index contributed by atoms with van der Waals surface area (Å²) in [6.45, 7) is 6.51. The highest BCUT2D eigenvalue weighted by molar-refractivity contribution is 9.23. The standard InChI is InChI=1S/C9H12BBr/c1-6-4-5-9(10-11)8(3)7(6)2/h4-5,10H,1-3H3. The Labute approximate surface area is 77.2 Å². The summed E-state index contributed by atoms with van der Waals surface area (Å²) in [7, 11) is 0. The van der Waals surface area contributed by atoms with Crippen molar-refractivity contribution in [2.75, 3.05) is 0 Å². The summed E-state index contributed by atoms with van der Waals surface area (Å²) in [6, 6.07) is 4.37. The second kappa shape index (κ2) is 3.44. The van der Waals surface area contributed by atoms with Crippen LogP contribution in [-0.4, -0.2) is 6.10 Å². The maximum atomic E-state index is 3.47. The molecule has 0 saturated carbocycles. The molecule has 0 amide bonds. The summed E-state index contributed by atoms with van der Waals surface area (Å²) in [6.07, 6.45) is 0.958. The maximum absolute atomic E-state index is 3.47. The Hall–Kier alpha value is -0.235. The molecule has 0 radical (unpaired) electrons. The minimum absolute atomic E-state index is 0.958. The van der Waals surface area contributed by atoms with E-state index in [1.165, 1.54) is 22.2 Å². The molecule has 11 heavy (non-hydrogen) atoms.